The van der Waals surface area contributed by atoms with Gasteiger partial charge >= 0.3 is 0 Å². The third-order valence-corrected chi connectivity index (χ3v) is 3.47. The summed E-state index contributed by atoms with van der Waals surface area (Å²) in [4.78, 5) is 8.77. The number of fused-ring (bicyclic) bond motifs is 1. The predicted molar refractivity (Wildman–Crippen MR) is 82.0 cm³/mol. The number of halogens is 1. The van der Waals surface area contributed by atoms with E-state index in [0.29, 0.717) is 11.6 Å². The number of aryl methyl sites for hydroxylation is 1. The molecule has 20 heavy (non-hydrogen) atoms. The van der Waals surface area contributed by atoms with Gasteiger partial charge in [0.05, 0.1) is 17.7 Å². The Balaban J connectivity index is 1.91. The summed E-state index contributed by atoms with van der Waals surface area (Å²) in [5, 5.41) is 5.11. The zero-order chi connectivity index (χ0) is 13.9. The minimum Gasteiger partial charge on any atom is -0.376 e. The van der Waals surface area contributed by atoms with Crippen LogP contribution in [0.3, 0.4) is 0 Å². The lowest BCUT2D eigenvalue weighted by Gasteiger charge is -2.10. The van der Waals surface area contributed by atoms with Gasteiger partial charge in [0.1, 0.15) is 5.82 Å². The van der Waals surface area contributed by atoms with Gasteiger partial charge in [-0.2, -0.15) is 0 Å². The first kappa shape index (κ1) is 12.9. The normalized spacial score (nSPS) is 10.9. The molecule has 3 rings (SSSR count). The first-order valence-corrected chi connectivity index (χ1v) is 6.94. The average molecular weight is 287 g/mol. The van der Waals surface area contributed by atoms with Crippen molar-refractivity contribution in [1.82, 2.24) is 14.5 Å². The second-order valence-corrected chi connectivity index (χ2v) is 4.95. The van der Waals surface area contributed by atoms with E-state index in [1.165, 1.54) is 0 Å². The van der Waals surface area contributed by atoms with E-state index in [2.05, 4.69) is 26.8 Å². The van der Waals surface area contributed by atoms with Crippen molar-refractivity contribution in [3.05, 3.63) is 53.7 Å². The Morgan fingerprint density at radius 3 is 3.00 bits per heavy atom. The van der Waals surface area contributed by atoms with Crippen LogP contribution in [0.5, 0.6) is 0 Å². The van der Waals surface area contributed by atoms with Crippen LogP contribution in [0.25, 0.3) is 10.9 Å². The van der Waals surface area contributed by atoms with Gasteiger partial charge in [0.15, 0.2) is 0 Å². The Labute approximate surface area is 122 Å². The monoisotopic (exact) mass is 286 g/mol. The van der Waals surface area contributed by atoms with E-state index in [1.54, 1.807) is 6.20 Å². The number of nitrogens with one attached hydrogen (secondary N) is 1. The molecule has 1 aromatic carbocycles. The minimum absolute atomic E-state index is 0.646. The Bertz CT molecular complexity index is 736. The van der Waals surface area contributed by atoms with Gasteiger partial charge < -0.3 is 9.88 Å². The van der Waals surface area contributed by atoms with Gasteiger partial charge in [0.25, 0.3) is 0 Å². The number of anilines is 1. The molecule has 0 saturated carbocycles. The van der Waals surface area contributed by atoms with Gasteiger partial charge in [-0.25, -0.2) is 4.98 Å². The topological polar surface area (TPSA) is 42.7 Å². The average Bonchev–Trinajstić information content (AvgIpc) is 2.92. The molecular weight excluding hydrogens is 272 g/mol. The van der Waals surface area contributed by atoms with Crippen LogP contribution in [0.15, 0.2) is 42.9 Å². The highest BCUT2D eigenvalue weighted by atomic mass is 35.5. The van der Waals surface area contributed by atoms with E-state index in [1.807, 2.05) is 36.7 Å². The number of hydrogen-bond donors (Lipinski definition) is 1. The Hall–Kier alpha value is -2.07. The van der Waals surface area contributed by atoms with E-state index in [-0.39, 0.29) is 0 Å². The molecule has 0 radical (unpaired) electrons. The number of aromatic nitrogens is 3. The molecule has 0 saturated heterocycles. The van der Waals surface area contributed by atoms with Crippen LogP contribution in [0.2, 0.25) is 5.02 Å². The summed E-state index contributed by atoms with van der Waals surface area (Å²) in [6.45, 7) is 3.65. The zero-order valence-corrected chi connectivity index (χ0v) is 11.9. The number of hydrogen-bond acceptors (Lipinski definition) is 3. The Morgan fingerprint density at radius 1 is 1.25 bits per heavy atom. The molecule has 0 aliphatic rings. The molecule has 0 bridgehead atoms. The second kappa shape index (κ2) is 5.51. The van der Waals surface area contributed by atoms with Gasteiger partial charge in [-0.1, -0.05) is 17.7 Å². The lowest BCUT2D eigenvalue weighted by molar-refractivity contribution is 0.708. The van der Waals surface area contributed by atoms with Crippen LogP contribution < -0.4 is 5.32 Å². The van der Waals surface area contributed by atoms with Gasteiger partial charge in [-0.15, -0.1) is 0 Å². The fraction of sp³-hybridized carbons (Fsp3) is 0.200. The molecule has 0 spiro atoms. The number of pyridine rings is 1. The van der Waals surface area contributed by atoms with Gasteiger partial charge in [-0.3, -0.25) is 4.98 Å². The van der Waals surface area contributed by atoms with Crippen LogP contribution in [-0.2, 0) is 13.1 Å². The molecule has 1 N–H and O–H groups in total. The maximum absolute atomic E-state index is 6.15. The smallest absolute Gasteiger partial charge is 0.128 e. The van der Waals surface area contributed by atoms with Gasteiger partial charge in [0.2, 0.25) is 0 Å². The maximum Gasteiger partial charge on any atom is 0.128 e. The Kier molecular flexibility index (Phi) is 3.56. The van der Waals surface area contributed by atoms with Crippen LogP contribution >= 0.6 is 11.6 Å². The summed E-state index contributed by atoms with van der Waals surface area (Å²) in [7, 11) is 0. The van der Waals surface area contributed by atoms with Gasteiger partial charge in [-0.05, 0) is 25.1 Å². The van der Waals surface area contributed by atoms with E-state index < -0.39 is 0 Å². The molecular formula is C15H15ClN4. The number of imidazole rings is 1. The standard InChI is InChI=1S/C15H15ClN4/c1-2-20-7-6-17-14(20)10-19-13-9-12(16)8-11-4-3-5-18-15(11)13/h3-9,19H,2,10H2,1H3. The molecule has 0 amide bonds. The highest BCUT2D eigenvalue weighted by Crippen LogP contribution is 2.26. The van der Waals surface area contributed by atoms with Crippen molar-refractivity contribution in [3.63, 3.8) is 0 Å². The summed E-state index contributed by atoms with van der Waals surface area (Å²) in [6.07, 6.45) is 5.58. The second-order valence-electron chi connectivity index (χ2n) is 4.51. The number of rotatable bonds is 4. The fourth-order valence-electron chi connectivity index (χ4n) is 2.26. The molecule has 102 valence electrons. The van der Waals surface area contributed by atoms with Crippen molar-refractivity contribution in [2.45, 2.75) is 20.0 Å². The minimum atomic E-state index is 0.646. The molecule has 0 aliphatic carbocycles. The molecule has 2 heterocycles. The lowest BCUT2D eigenvalue weighted by Crippen LogP contribution is -2.08. The molecule has 0 fully saturated rings. The van der Waals surface area contributed by atoms with Crippen molar-refractivity contribution in [2.75, 3.05) is 5.32 Å². The van der Waals surface area contributed by atoms with E-state index in [4.69, 9.17) is 11.6 Å². The van der Waals surface area contributed by atoms with Crippen molar-refractivity contribution in [3.8, 4) is 0 Å². The quantitative estimate of drug-likeness (QED) is 0.795. The Morgan fingerprint density at radius 2 is 2.15 bits per heavy atom. The predicted octanol–water partition coefficient (Wildman–Crippen LogP) is 3.72. The summed E-state index contributed by atoms with van der Waals surface area (Å²) < 4.78 is 2.10. The fourth-order valence-corrected chi connectivity index (χ4v) is 2.49. The largest absolute Gasteiger partial charge is 0.376 e. The van der Waals surface area contributed by atoms with E-state index >= 15 is 0 Å². The molecule has 0 aliphatic heterocycles. The summed E-state index contributed by atoms with van der Waals surface area (Å²) in [6, 6.07) is 7.73. The van der Waals surface area contributed by atoms with E-state index in [0.717, 1.165) is 29.0 Å². The van der Waals surface area contributed by atoms with Gasteiger partial charge in [0, 0.05) is 35.5 Å². The van der Waals surface area contributed by atoms with Crippen LogP contribution in [0, 0.1) is 0 Å². The van der Waals surface area contributed by atoms with Crippen LogP contribution in [0.4, 0.5) is 5.69 Å². The maximum atomic E-state index is 6.15. The van der Waals surface area contributed by atoms with Crippen molar-refractivity contribution in [1.29, 1.82) is 0 Å². The highest BCUT2D eigenvalue weighted by molar-refractivity contribution is 6.31. The first-order chi connectivity index (χ1) is 9.78. The zero-order valence-electron chi connectivity index (χ0n) is 11.2. The van der Waals surface area contributed by atoms with Crippen LogP contribution in [0.1, 0.15) is 12.7 Å². The SMILES string of the molecule is CCn1ccnc1CNc1cc(Cl)cc2cccnc12. The van der Waals surface area contributed by atoms with Crippen molar-refractivity contribution < 1.29 is 0 Å². The number of nitrogens with zero attached hydrogens (tertiary/aromatic N) is 3. The molecule has 2 aromatic heterocycles. The third kappa shape index (κ3) is 2.47. The number of benzene rings is 1. The third-order valence-electron chi connectivity index (χ3n) is 3.25. The molecule has 4 nitrogen and oxygen atoms in total. The summed E-state index contributed by atoms with van der Waals surface area (Å²) in [5.74, 6) is 0.997. The van der Waals surface area contributed by atoms with E-state index in [9.17, 15) is 0 Å². The summed E-state index contributed by atoms with van der Waals surface area (Å²) >= 11 is 6.15. The summed E-state index contributed by atoms with van der Waals surface area (Å²) in [5.41, 5.74) is 1.85. The van der Waals surface area contributed by atoms with Crippen molar-refractivity contribution in [2.24, 2.45) is 0 Å². The molecule has 0 unspecified atom stereocenters. The molecule has 5 heteroatoms. The van der Waals surface area contributed by atoms with Crippen molar-refractivity contribution >= 4 is 28.2 Å². The lowest BCUT2D eigenvalue weighted by atomic mass is 10.2. The first-order valence-electron chi connectivity index (χ1n) is 6.56. The van der Waals surface area contributed by atoms with Crippen LogP contribution in [-0.4, -0.2) is 14.5 Å². The highest BCUT2D eigenvalue weighted by Gasteiger charge is 2.06. The molecule has 3 aromatic rings. The molecule has 0 atom stereocenters.